The molecule has 0 atom stereocenters. The summed E-state index contributed by atoms with van der Waals surface area (Å²) in [5, 5.41) is 0. The van der Waals surface area contributed by atoms with Crippen LogP contribution in [0.15, 0.2) is 30.4 Å². The van der Waals surface area contributed by atoms with Gasteiger partial charge in [0.25, 0.3) is 0 Å². The summed E-state index contributed by atoms with van der Waals surface area (Å²) >= 11 is 0. The predicted molar refractivity (Wildman–Crippen MR) is 89.1 cm³/mol. The van der Waals surface area contributed by atoms with Crippen LogP contribution in [0.25, 0.3) is 0 Å². The number of allylic oxidation sites excluding steroid dienone is 1. The SMILES string of the molecule is CCOC(=O)C(/C=C/Cc1c(OC)cccc1OC)C(=O)OCC. The number of benzene rings is 1. The molecular formula is C18H24O6. The van der Waals surface area contributed by atoms with E-state index in [0.29, 0.717) is 17.9 Å². The van der Waals surface area contributed by atoms with Gasteiger partial charge >= 0.3 is 11.9 Å². The first-order valence-corrected chi connectivity index (χ1v) is 7.78. The van der Waals surface area contributed by atoms with Gasteiger partial charge in [0.2, 0.25) is 0 Å². The third-order valence-corrected chi connectivity index (χ3v) is 3.26. The lowest BCUT2D eigenvalue weighted by Gasteiger charge is -2.12. The molecule has 0 radical (unpaired) electrons. The highest BCUT2D eigenvalue weighted by Gasteiger charge is 2.26. The molecule has 0 bridgehead atoms. The molecule has 24 heavy (non-hydrogen) atoms. The van der Waals surface area contributed by atoms with E-state index >= 15 is 0 Å². The summed E-state index contributed by atoms with van der Waals surface area (Å²) in [6.07, 6.45) is 3.63. The highest BCUT2D eigenvalue weighted by Crippen LogP contribution is 2.29. The number of ether oxygens (including phenoxy) is 4. The van der Waals surface area contributed by atoms with Gasteiger partial charge in [0.15, 0.2) is 5.92 Å². The Morgan fingerprint density at radius 1 is 1.00 bits per heavy atom. The van der Waals surface area contributed by atoms with Crippen LogP contribution in [0.2, 0.25) is 0 Å². The smallest absolute Gasteiger partial charge is 0.324 e. The summed E-state index contributed by atoms with van der Waals surface area (Å²) in [4.78, 5) is 23.8. The average molecular weight is 336 g/mol. The fraction of sp³-hybridized carbons (Fsp3) is 0.444. The van der Waals surface area contributed by atoms with Crippen LogP contribution >= 0.6 is 0 Å². The van der Waals surface area contributed by atoms with E-state index in [-0.39, 0.29) is 13.2 Å². The van der Waals surface area contributed by atoms with Gasteiger partial charge in [0.05, 0.1) is 27.4 Å². The monoisotopic (exact) mass is 336 g/mol. The third kappa shape index (κ3) is 5.30. The molecular weight excluding hydrogens is 312 g/mol. The first-order chi connectivity index (χ1) is 11.6. The van der Waals surface area contributed by atoms with E-state index in [4.69, 9.17) is 18.9 Å². The maximum atomic E-state index is 11.9. The van der Waals surface area contributed by atoms with E-state index in [1.54, 1.807) is 34.1 Å². The fourth-order valence-electron chi connectivity index (χ4n) is 2.17. The third-order valence-electron chi connectivity index (χ3n) is 3.26. The van der Waals surface area contributed by atoms with Crippen LogP contribution in [0.3, 0.4) is 0 Å². The van der Waals surface area contributed by atoms with Crippen LogP contribution in [0, 0.1) is 5.92 Å². The Morgan fingerprint density at radius 3 is 1.92 bits per heavy atom. The molecule has 0 unspecified atom stereocenters. The zero-order chi connectivity index (χ0) is 17.9. The van der Waals surface area contributed by atoms with Gasteiger partial charge in [-0.25, -0.2) is 0 Å². The minimum atomic E-state index is -1.08. The number of rotatable bonds is 9. The van der Waals surface area contributed by atoms with Crippen molar-refractivity contribution in [1.82, 2.24) is 0 Å². The predicted octanol–water partition coefficient (Wildman–Crippen LogP) is 2.54. The zero-order valence-electron chi connectivity index (χ0n) is 14.5. The minimum Gasteiger partial charge on any atom is -0.496 e. The molecule has 6 nitrogen and oxygen atoms in total. The van der Waals surface area contributed by atoms with Crippen molar-refractivity contribution in [3.05, 3.63) is 35.9 Å². The van der Waals surface area contributed by atoms with Crippen molar-refractivity contribution in [1.29, 1.82) is 0 Å². The summed E-state index contributed by atoms with van der Waals surface area (Å²) in [7, 11) is 3.14. The van der Waals surface area contributed by atoms with Gasteiger partial charge in [0, 0.05) is 5.56 Å². The number of carbonyl (C=O) groups is 2. The standard InChI is InChI=1S/C18H24O6/c1-5-23-17(19)14(18(20)24-6-2)10-7-9-13-15(21-3)11-8-12-16(13)22-4/h7-8,10-12,14H,5-6,9H2,1-4H3/b10-7+. The van der Waals surface area contributed by atoms with Crippen LogP contribution < -0.4 is 9.47 Å². The van der Waals surface area contributed by atoms with E-state index in [9.17, 15) is 9.59 Å². The second-order valence-corrected chi connectivity index (χ2v) is 4.76. The summed E-state index contributed by atoms with van der Waals surface area (Å²) in [6.45, 7) is 3.76. The van der Waals surface area contributed by atoms with Crippen LogP contribution in [0.4, 0.5) is 0 Å². The molecule has 1 aromatic rings. The molecule has 1 rings (SSSR count). The number of methoxy groups -OCH3 is 2. The quantitative estimate of drug-likeness (QED) is 0.392. The largest absolute Gasteiger partial charge is 0.496 e. The average Bonchev–Trinajstić information content (AvgIpc) is 2.58. The van der Waals surface area contributed by atoms with Crippen LogP contribution in [-0.2, 0) is 25.5 Å². The van der Waals surface area contributed by atoms with E-state index < -0.39 is 17.9 Å². The second-order valence-electron chi connectivity index (χ2n) is 4.76. The van der Waals surface area contributed by atoms with Crippen LogP contribution in [0.1, 0.15) is 19.4 Å². The molecule has 0 N–H and O–H groups in total. The highest BCUT2D eigenvalue weighted by molar-refractivity contribution is 5.97. The summed E-state index contributed by atoms with van der Waals surface area (Å²) in [5.41, 5.74) is 0.824. The van der Waals surface area contributed by atoms with Crippen molar-refractivity contribution >= 4 is 11.9 Å². The molecule has 0 saturated heterocycles. The lowest BCUT2D eigenvalue weighted by Crippen LogP contribution is -2.26. The molecule has 0 fully saturated rings. The van der Waals surface area contributed by atoms with Gasteiger partial charge < -0.3 is 18.9 Å². The molecule has 0 aliphatic heterocycles. The lowest BCUT2D eigenvalue weighted by atomic mass is 10.1. The van der Waals surface area contributed by atoms with Crippen molar-refractivity contribution in [3.8, 4) is 11.5 Å². The van der Waals surface area contributed by atoms with Crippen LogP contribution in [-0.4, -0.2) is 39.4 Å². The van der Waals surface area contributed by atoms with E-state index in [1.165, 1.54) is 6.08 Å². The number of hydrogen-bond acceptors (Lipinski definition) is 6. The van der Waals surface area contributed by atoms with E-state index in [2.05, 4.69) is 0 Å². The topological polar surface area (TPSA) is 71.1 Å². The minimum absolute atomic E-state index is 0.197. The number of esters is 2. The molecule has 0 amide bonds. The molecule has 6 heteroatoms. The highest BCUT2D eigenvalue weighted by atomic mass is 16.6. The Morgan fingerprint density at radius 2 is 1.50 bits per heavy atom. The Labute approximate surface area is 142 Å². The second kappa shape index (κ2) is 10.3. The first-order valence-electron chi connectivity index (χ1n) is 7.78. The number of carbonyl (C=O) groups excluding carboxylic acids is 2. The molecule has 0 heterocycles. The van der Waals surface area contributed by atoms with Gasteiger partial charge in [-0.2, -0.15) is 0 Å². The van der Waals surface area contributed by atoms with E-state index in [0.717, 1.165) is 5.56 Å². The first kappa shape index (κ1) is 19.5. The van der Waals surface area contributed by atoms with Gasteiger partial charge in [-0.15, -0.1) is 0 Å². The maximum absolute atomic E-state index is 11.9. The van der Waals surface area contributed by atoms with Crippen molar-refractivity contribution in [3.63, 3.8) is 0 Å². The van der Waals surface area contributed by atoms with Crippen molar-refractivity contribution < 1.29 is 28.5 Å². The molecule has 0 aliphatic rings. The molecule has 132 valence electrons. The molecule has 0 spiro atoms. The fourth-order valence-corrected chi connectivity index (χ4v) is 2.17. The number of hydrogen-bond donors (Lipinski definition) is 0. The van der Waals surface area contributed by atoms with Crippen molar-refractivity contribution in [2.24, 2.45) is 5.92 Å². The van der Waals surface area contributed by atoms with Gasteiger partial charge in [-0.05, 0) is 32.4 Å². The molecule has 0 saturated carbocycles. The Hall–Kier alpha value is -2.50. The Kier molecular flexibility index (Phi) is 8.39. The summed E-state index contributed by atoms with van der Waals surface area (Å²) in [6, 6.07) is 5.46. The summed E-state index contributed by atoms with van der Waals surface area (Å²) < 4.78 is 20.5. The van der Waals surface area contributed by atoms with Gasteiger partial charge in [-0.3, -0.25) is 9.59 Å². The van der Waals surface area contributed by atoms with Gasteiger partial charge in [-0.1, -0.05) is 18.2 Å². The lowest BCUT2D eigenvalue weighted by molar-refractivity contribution is -0.158. The zero-order valence-corrected chi connectivity index (χ0v) is 14.5. The van der Waals surface area contributed by atoms with Gasteiger partial charge in [0.1, 0.15) is 11.5 Å². The van der Waals surface area contributed by atoms with Crippen molar-refractivity contribution in [2.75, 3.05) is 27.4 Å². The molecule has 0 aliphatic carbocycles. The van der Waals surface area contributed by atoms with E-state index in [1.807, 2.05) is 18.2 Å². The molecule has 1 aromatic carbocycles. The van der Waals surface area contributed by atoms with Crippen LogP contribution in [0.5, 0.6) is 11.5 Å². The normalized spacial score (nSPS) is 10.7. The molecule has 0 aromatic heterocycles. The maximum Gasteiger partial charge on any atom is 0.324 e. The summed E-state index contributed by atoms with van der Waals surface area (Å²) in [5.74, 6) is -0.991. The Bertz CT molecular complexity index is 539. The van der Waals surface area contributed by atoms with Crippen molar-refractivity contribution in [2.45, 2.75) is 20.3 Å². The Balaban J connectivity index is 2.95.